The van der Waals surface area contributed by atoms with Crippen LogP contribution in [-0.4, -0.2) is 23.6 Å². The fraction of sp³-hybridized carbons (Fsp3) is 1.00. The van der Waals surface area contributed by atoms with Crippen molar-refractivity contribution in [3.63, 3.8) is 0 Å². The molecule has 0 spiro atoms. The Hall–Kier alpha value is -0.0800. The van der Waals surface area contributed by atoms with Crippen LogP contribution in [0, 0.1) is 0 Å². The summed E-state index contributed by atoms with van der Waals surface area (Å²) in [5, 5.41) is 2.35. The van der Waals surface area contributed by atoms with Crippen LogP contribution in [0.5, 0.6) is 0 Å². The van der Waals surface area contributed by atoms with Gasteiger partial charge in [-0.25, -0.2) is 5.01 Å². The molecule has 1 rings (SSSR count). The van der Waals surface area contributed by atoms with Gasteiger partial charge in [0.1, 0.15) is 0 Å². The minimum atomic E-state index is 0.635. The molecule has 0 bridgehead atoms. The fourth-order valence-electron chi connectivity index (χ4n) is 1.59. The molecule has 12 heavy (non-hydrogen) atoms. The summed E-state index contributed by atoms with van der Waals surface area (Å²) in [6.45, 7) is 11.9. The second kappa shape index (κ2) is 6.44. The molecule has 0 aromatic rings. The first kappa shape index (κ1) is 11.9. The summed E-state index contributed by atoms with van der Waals surface area (Å²) in [5.74, 6) is 0. The van der Waals surface area contributed by atoms with Crippen molar-refractivity contribution in [1.82, 2.24) is 10.4 Å². The summed E-state index contributed by atoms with van der Waals surface area (Å²) < 4.78 is 0. The molecule has 0 aliphatic carbocycles. The van der Waals surface area contributed by atoms with Crippen molar-refractivity contribution in [2.24, 2.45) is 0 Å². The monoisotopic (exact) mass is 172 g/mol. The Bertz CT molecular complexity index is 102. The third-order valence-electron chi connectivity index (χ3n) is 2.12. The van der Waals surface area contributed by atoms with E-state index in [4.69, 9.17) is 0 Å². The molecule has 1 unspecified atom stereocenters. The second-order valence-corrected chi connectivity index (χ2v) is 3.40. The Morgan fingerprint density at radius 2 is 1.92 bits per heavy atom. The highest BCUT2D eigenvalue weighted by atomic mass is 15.5. The lowest BCUT2D eigenvalue weighted by molar-refractivity contribution is 0.0608. The fourth-order valence-corrected chi connectivity index (χ4v) is 1.59. The van der Waals surface area contributed by atoms with Gasteiger partial charge in [-0.3, -0.25) is 5.43 Å². The first-order valence-electron chi connectivity index (χ1n) is 5.23. The lowest BCUT2D eigenvalue weighted by Gasteiger charge is -2.36. The molecular formula is C10H24N2. The first-order chi connectivity index (χ1) is 5.72. The Kier molecular flexibility index (Phi) is 6.39. The smallest absolute Gasteiger partial charge is 0.0218 e. The van der Waals surface area contributed by atoms with Gasteiger partial charge in [-0.1, -0.05) is 13.8 Å². The molecule has 74 valence electrons. The van der Waals surface area contributed by atoms with Crippen LogP contribution < -0.4 is 5.43 Å². The van der Waals surface area contributed by atoms with E-state index >= 15 is 0 Å². The van der Waals surface area contributed by atoms with Gasteiger partial charge in [0, 0.05) is 18.6 Å². The predicted molar refractivity (Wildman–Crippen MR) is 55.0 cm³/mol. The average molecular weight is 172 g/mol. The van der Waals surface area contributed by atoms with Gasteiger partial charge < -0.3 is 0 Å². The molecule has 2 heteroatoms. The molecule has 1 N–H and O–H groups in total. The Labute approximate surface area is 77.3 Å². The first-order valence-corrected chi connectivity index (χ1v) is 5.23. The van der Waals surface area contributed by atoms with E-state index < -0.39 is 0 Å². The zero-order valence-corrected chi connectivity index (χ0v) is 9.22. The number of hydrazine groups is 1. The van der Waals surface area contributed by atoms with E-state index in [1.807, 2.05) is 13.8 Å². The van der Waals surface area contributed by atoms with Gasteiger partial charge in [-0.05, 0) is 33.6 Å². The molecule has 0 saturated carbocycles. The topological polar surface area (TPSA) is 15.3 Å². The van der Waals surface area contributed by atoms with E-state index in [2.05, 4.69) is 31.2 Å². The van der Waals surface area contributed by atoms with Crippen LogP contribution in [0.3, 0.4) is 0 Å². The maximum Gasteiger partial charge on any atom is 0.0218 e. The molecule has 1 heterocycles. The molecule has 1 atom stereocenters. The van der Waals surface area contributed by atoms with Crippen LogP contribution in [0.4, 0.5) is 0 Å². The lowest BCUT2D eigenvalue weighted by atomic mass is 10.1. The van der Waals surface area contributed by atoms with Gasteiger partial charge in [0.15, 0.2) is 0 Å². The van der Waals surface area contributed by atoms with Gasteiger partial charge in [0.05, 0.1) is 0 Å². The minimum absolute atomic E-state index is 0.635. The molecule has 0 aromatic heterocycles. The van der Waals surface area contributed by atoms with Gasteiger partial charge in [0.25, 0.3) is 0 Å². The number of nitrogens with one attached hydrogen (secondary N) is 1. The predicted octanol–water partition coefficient (Wildman–Crippen LogP) is 2.41. The van der Waals surface area contributed by atoms with Crippen LogP contribution in [0.25, 0.3) is 0 Å². The third kappa shape index (κ3) is 3.55. The normalized spacial score (nSPS) is 25.0. The SMILES string of the molecule is CC.CC(C)N1NCCCC1C. The van der Waals surface area contributed by atoms with Crippen molar-refractivity contribution in [3.8, 4) is 0 Å². The molecule has 0 radical (unpaired) electrons. The van der Waals surface area contributed by atoms with E-state index in [0.717, 1.165) is 6.54 Å². The molecule has 1 aliphatic rings. The van der Waals surface area contributed by atoms with Gasteiger partial charge in [0.2, 0.25) is 0 Å². The number of hydrogen-bond acceptors (Lipinski definition) is 2. The molecule has 1 saturated heterocycles. The van der Waals surface area contributed by atoms with Crippen LogP contribution >= 0.6 is 0 Å². The van der Waals surface area contributed by atoms with E-state index in [9.17, 15) is 0 Å². The molecule has 1 fully saturated rings. The zero-order chi connectivity index (χ0) is 9.56. The maximum atomic E-state index is 3.40. The average Bonchev–Trinajstić information content (AvgIpc) is 2.08. The Morgan fingerprint density at radius 1 is 1.33 bits per heavy atom. The summed E-state index contributed by atoms with van der Waals surface area (Å²) in [5.41, 5.74) is 3.40. The van der Waals surface area contributed by atoms with Gasteiger partial charge in [-0.15, -0.1) is 0 Å². The highest BCUT2D eigenvalue weighted by Gasteiger charge is 2.19. The van der Waals surface area contributed by atoms with Crippen LogP contribution in [0.15, 0.2) is 0 Å². The largest absolute Gasteiger partial charge is 0.255 e. The van der Waals surface area contributed by atoms with Crippen molar-refractivity contribution in [1.29, 1.82) is 0 Å². The standard InChI is InChI=1S/C8H18N2.C2H6/c1-7(2)10-8(3)5-4-6-9-10;1-2/h7-9H,4-6H2,1-3H3;1-2H3. The van der Waals surface area contributed by atoms with E-state index in [0.29, 0.717) is 12.1 Å². The van der Waals surface area contributed by atoms with E-state index in [1.165, 1.54) is 12.8 Å². The van der Waals surface area contributed by atoms with Crippen molar-refractivity contribution in [3.05, 3.63) is 0 Å². The highest BCUT2D eigenvalue weighted by Crippen LogP contribution is 2.11. The van der Waals surface area contributed by atoms with Crippen LogP contribution in [-0.2, 0) is 0 Å². The Balaban J connectivity index is 0.000000561. The highest BCUT2D eigenvalue weighted by molar-refractivity contribution is 4.71. The number of nitrogens with zero attached hydrogens (tertiary/aromatic N) is 1. The Morgan fingerprint density at radius 3 is 2.25 bits per heavy atom. The lowest BCUT2D eigenvalue weighted by Crippen LogP contribution is -2.52. The van der Waals surface area contributed by atoms with E-state index in [1.54, 1.807) is 0 Å². The van der Waals surface area contributed by atoms with Crippen molar-refractivity contribution in [2.75, 3.05) is 6.54 Å². The molecule has 0 aromatic carbocycles. The molecule has 1 aliphatic heterocycles. The summed E-state index contributed by atoms with van der Waals surface area (Å²) in [6, 6.07) is 1.35. The van der Waals surface area contributed by atoms with Crippen LogP contribution in [0.2, 0.25) is 0 Å². The van der Waals surface area contributed by atoms with Gasteiger partial charge >= 0.3 is 0 Å². The van der Waals surface area contributed by atoms with Crippen molar-refractivity contribution < 1.29 is 0 Å². The summed E-state index contributed by atoms with van der Waals surface area (Å²) in [7, 11) is 0. The summed E-state index contributed by atoms with van der Waals surface area (Å²) >= 11 is 0. The summed E-state index contributed by atoms with van der Waals surface area (Å²) in [4.78, 5) is 0. The molecular weight excluding hydrogens is 148 g/mol. The number of hydrogen-bond donors (Lipinski definition) is 1. The third-order valence-corrected chi connectivity index (χ3v) is 2.12. The zero-order valence-electron chi connectivity index (χ0n) is 9.22. The second-order valence-electron chi connectivity index (χ2n) is 3.40. The van der Waals surface area contributed by atoms with Crippen molar-refractivity contribution in [2.45, 2.75) is 59.5 Å². The number of rotatable bonds is 1. The van der Waals surface area contributed by atoms with Gasteiger partial charge in [-0.2, -0.15) is 0 Å². The molecule has 0 amide bonds. The maximum absolute atomic E-state index is 3.40. The molecule has 2 nitrogen and oxygen atoms in total. The van der Waals surface area contributed by atoms with E-state index in [-0.39, 0.29) is 0 Å². The minimum Gasteiger partial charge on any atom is -0.255 e. The quantitative estimate of drug-likeness (QED) is 0.653. The van der Waals surface area contributed by atoms with Crippen LogP contribution in [0.1, 0.15) is 47.5 Å². The van der Waals surface area contributed by atoms with Crippen molar-refractivity contribution >= 4 is 0 Å². The summed E-state index contributed by atoms with van der Waals surface area (Å²) in [6.07, 6.45) is 2.66.